The molecule has 1 atom stereocenters. The third kappa shape index (κ3) is 2.64. The molecule has 1 unspecified atom stereocenters. The van der Waals surface area contributed by atoms with Crippen LogP contribution in [0.3, 0.4) is 0 Å². The van der Waals surface area contributed by atoms with Crippen LogP contribution in [0.5, 0.6) is 0 Å². The summed E-state index contributed by atoms with van der Waals surface area (Å²) in [6, 6.07) is 10.6. The van der Waals surface area contributed by atoms with Crippen molar-refractivity contribution >= 4 is 44.3 Å². The molecule has 2 aromatic carbocycles. The fourth-order valence-corrected chi connectivity index (χ4v) is 2.76. The molecule has 0 radical (unpaired) electrons. The van der Waals surface area contributed by atoms with Gasteiger partial charge in [-0.05, 0) is 51.7 Å². The Hall–Kier alpha value is -1.57. The Bertz CT molecular complexity index is 895. The summed E-state index contributed by atoms with van der Waals surface area (Å²) >= 11 is 2.12. The molecule has 0 fully saturated rings. The number of pyridine rings is 1. The highest BCUT2D eigenvalue weighted by Gasteiger charge is 2.09. The minimum absolute atomic E-state index is 0.122. The molecule has 3 rings (SSSR count). The van der Waals surface area contributed by atoms with Crippen LogP contribution in [-0.2, 0) is 0 Å². The van der Waals surface area contributed by atoms with E-state index in [9.17, 15) is 9.90 Å². The van der Waals surface area contributed by atoms with Crippen molar-refractivity contribution in [3.63, 3.8) is 0 Å². The van der Waals surface area contributed by atoms with Crippen molar-refractivity contribution < 1.29 is 10.2 Å². The van der Waals surface area contributed by atoms with E-state index in [1.54, 1.807) is 30.5 Å². The minimum atomic E-state index is -0.983. The van der Waals surface area contributed by atoms with Crippen LogP contribution >= 0.6 is 22.6 Å². The van der Waals surface area contributed by atoms with Gasteiger partial charge in [0, 0.05) is 20.5 Å². The number of aliphatic hydroxyl groups excluding tert-OH is 2. The summed E-state index contributed by atoms with van der Waals surface area (Å²) in [5.74, 6) is 0. The van der Waals surface area contributed by atoms with E-state index < -0.39 is 6.10 Å². The summed E-state index contributed by atoms with van der Waals surface area (Å²) in [7, 11) is 0. The molecule has 4 nitrogen and oxygen atoms in total. The molecule has 1 heterocycles. The molecule has 0 saturated carbocycles. The normalized spacial score (nSPS) is 12.7. The minimum Gasteiger partial charge on any atom is -0.393 e. The summed E-state index contributed by atoms with van der Waals surface area (Å²) in [6.45, 7) is -0.376. The third-order valence-electron chi connectivity index (χ3n) is 3.43. The molecule has 0 amide bonds. The largest absolute Gasteiger partial charge is 0.393 e. The summed E-state index contributed by atoms with van der Waals surface area (Å²) in [5.41, 5.74) is 1.05. The fraction of sp³-hybridized carbons (Fsp3) is 0.125. The van der Waals surface area contributed by atoms with Gasteiger partial charge in [0.1, 0.15) is 6.10 Å². The smallest absolute Gasteiger partial charge is 0.195 e. The van der Waals surface area contributed by atoms with Gasteiger partial charge >= 0.3 is 0 Å². The van der Waals surface area contributed by atoms with Gasteiger partial charge in [-0.1, -0.05) is 18.2 Å². The van der Waals surface area contributed by atoms with Gasteiger partial charge in [0.2, 0.25) is 0 Å². The molecule has 1 aromatic heterocycles. The number of nitrogens with zero attached hydrogens (tertiary/aromatic N) is 1. The second kappa shape index (κ2) is 5.67. The van der Waals surface area contributed by atoms with Gasteiger partial charge in [-0.3, -0.25) is 9.78 Å². The quantitative estimate of drug-likeness (QED) is 0.656. The molecule has 106 valence electrons. The Morgan fingerprint density at radius 2 is 1.90 bits per heavy atom. The molecular formula is C16H12INO3. The predicted molar refractivity (Wildman–Crippen MR) is 90.3 cm³/mol. The predicted octanol–water partition coefficient (Wildman–Crippen LogP) is 2.38. The molecule has 0 aliphatic rings. The summed E-state index contributed by atoms with van der Waals surface area (Å²) in [6.07, 6.45) is 0.734. The van der Waals surface area contributed by atoms with E-state index in [1.165, 1.54) is 0 Å². The molecule has 0 aliphatic heterocycles. The van der Waals surface area contributed by atoms with E-state index in [1.807, 2.05) is 12.1 Å². The van der Waals surface area contributed by atoms with Gasteiger partial charge in [0.25, 0.3) is 0 Å². The van der Waals surface area contributed by atoms with Crippen LogP contribution in [0.4, 0.5) is 0 Å². The van der Waals surface area contributed by atoms with Crippen LogP contribution in [0.15, 0.2) is 47.4 Å². The topological polar surface area (TPSA) is 70.4 Å². The molecule has 5 heteroatoms. The van der Waals surface area contributed by atoms with Crippen molar-refractivity contribution in [3.05, 3.63) is 62.0 Å². The van der Waals surface area contributed by atoms with Gasteiger partial charge in [-0.25, -0.2) is 0 Å². The maximum atomic E-state index is 12.7. The van der Waals surface area contributed by atoms with Crippen LogP contribution < -0.4 is 5.43 Å². The first-order valence-corrected chi connectivity index (χ1v) is 7.49. The summed E-state index contributed by atoms with van der Waals surface area (Å²) in [4.78, 5) is 17.0. The van der Waals surface area contributed by atoms with Gasteiger partial charge < -0.3 is 10.2 Å². The van der Waals surface area contributed by atoms with E-state index in [-0.39, 0.29) is 12.0 Å². The number of aliphatic hydroxyl groups is 2. The molecule has 0 saturated heterocycles. The highest BCUT2D eigenvalue weighted by atomic mass is 127. The van der Waals surface area contributed by atoms with E-state index in [2.05, 4.69) is 27.6 Å². The van der Waals surface area contributed by atoms with Crippen molar-refractivity contribution in [2.24, 2.45) is 0 Å². The second-order valence-corrected chi connectivity index (χ2v) is 6.04. The number of aromatic nitrogens is 1. The average molecular weight is 393 g/mol. The van der Waals surface area contributed by atoms with Crippen LogP contribution in [0.1, 0.15) is 11.7 Å². The Balaban J connectivity index is 2.43. The van der Waals surface area contributed by atoms with E-state index in [0.717, 1.165) is 8.96 Å². The zero-order valence-corrected chi connectivity index (χ0v) is 13.1. The highest BCUT2D eigenvalue weighted by molar-refractivity contribution is 14.1. The van der Waals surface area contributed by atoms with Gasteiger partial charge in [0.05, 0.1) is 12.1 Å². The second-order valence-electron chi connectivity index (χ2n) is 4.79. The van der Waals surface area contributed by atoms with Crippen molar-refractivity contribution in [2.75, 3.05) is 6.61 Å². The summed E-state index contributed by atoms with van der Waals surface area (Å²) in [5, 5.41) is 20.6. The first-order valence-electron chi connectivity index (χ1n) is 6.41. The van der Waals surface area contributed by atoms with E-state index in [4.69, 9.17) is 5.11 Å². The number of fused-ring (bicyclic) bond motifs is 2. The number of halogens is 1. The van der Waals surface area contributed by atoms with Crippen LogP contribution in [-0.4, -0.2) is 21.8 Å². The van der Waals surface area contributed by atoms with Gasteiger partial charge in [-0.15, -0.1) is 0 Å². The SMILES string of the molecule is O=c1c2cc(C(O)CO)ccc2ccc2ncc(I)cc12. The lowest BCUT2D eigenvalue weighted by atomic mass is 10.0. The number of hydrogen-bond donors (Lipinski definition) is 2. The Kier molecular flexibility index (Phi) is 3.88. The third-order valence-corrected chi connectivity index (χ3v) is 4.02. The number of rotatable bonds is 2. The van der Waals surface area contributed by atoms with Crippen molar-refractivity contribution in [2.45, 2.75) is 6.10 Å². The molecular weight excluding hydrogens is 381 g/mol. The lowest BCUT2D eigenvalue weighted by Gasteiger charge is -2.07. The van der Waals surface area contributed by atoms with E-state index in [0.29, 0.717) is 21.9 Å². The van der Waals surface area contributed by atoms with Gasteiger partial charge in [-0.2, -0.15) is 0 Å². The summed E-state index contributed by atoms with van der Waals surface area (Å²) < 4.78 is 0.892. The van der Waals surface area contributed by atoms with Crippen LogP contribution in [0.2, 0.25) is 0 Å². The molecule has 0 aliphatic carbocycles. The molecule has 0 spiro atoms. The average Bonchev–Trinajstić information content (AvgIpc) is 2.64. The monoisotopic (exact) mass is 393 g/mol. The lowest BCUT2D eigenvalue weighted by molar-refractivity contribution is 0.0957. The highest BCUT2D eigenvalue weighted by Crippen LogP contribution is 2.20. The Morgan fingerprint density at radius 3 is 2.67 bits per heavy atom. The van der Waals surface area contributed by atoms with Crippen molar-refractivity contribution in [1.29, 1.82) is 0 Å². The Labute approximate surface area is 134 Å². The first kappa shape index (κ1) is 14.4. The molecule has 0 bridgehead atoms. The van der Waals surface area contributed by atoms with Gasteiger partial charge in [0.15, 0.2) is 5.43 Å². The molecule has 2 N–H and O–H groups in total. The number of hydrogen-bond acceptors (Lipinski definition) is 4. The Morgan fingerprint density at radius 1 is 1.14 bits per heavy atom. The van der Waals surface area contributed by atoms with Crippen LogP contribution in [0, 0.1) is 3.57 Å². The van der Waals surface area contributed by atoms with Crippen molar-refractivity contribution in [1.82, 2.24) is 4.98 Å². The zero-order chi connectivity index (χ0) is 15.0. The first-order chi connectivity index (χ1) is 10.1. The number of benzene rings is 1. The van der Waals surface area contributed by atoms with Crippen LogP contribution in [0.25, 0.3) is 21.7 Å². The maximum Gasteiger partial charge on any atom is 0.195 e. The zero-order valence-electron chi connectivity index (χ0n) is 11.0. The maximum absolute atomic E-state index is 12.7. The molecule has 21 heavy (non-hydrogen) atoms. The molecule has 3 aromatic rings. The fourth-order valence-electron chi connectivity index (χ4n) is 2.31. The van der Waals surface area contributed by atoms with Crippen molar-refractivity contribution in [3.8, 4) is 0 Å². The van der Waals surface area contributed by atoms with E-state index >= 15 is 0 Å². The standard InChI is InChI=1S/C16H12INO3/c17-11-6-13-14(18-7-11)4-3-9-1-2-10(15(20)8-19)5-12(9)16(13)21/h1-7,15,19-20H,8H2. The lowest BCUT2D eigenvalue weighted by Crippen LogP contribution is -2.04.